The number of phenols is 1. The van der Waals surface area contributed by atoms with Crippen LogP contribution in [0.25, 0.3) is 0 Å². The molecule has 0 atom stereocenters. The molecule has 0 saturated carbocycles. The molecule has 0 aliphatic carbocycles. The number of hydrogen-bond donors (Lipinski definition) is 2. The number of carbonyl (C=O) groups excluding carboxylic acids is 1. The lowest BCUT2D eigenvalue weighted by molar-refractivity contribution is -0.123. The molecule has 8 heteroatoms. The summed E-state index contributed by atoms with van der Waals surface area (Å²) in [6.45, 7) is 3.66. The van der Waals surface area contributed by atoms with Crippen molar-refractivity contribution in [3.63, 3.8) is 0 Å². The summed E-state index contributed by atoms with van der Waals surface area (Å²) in [7, 11) is 0. The summed E-state index contributed by atoms with van der Waals surface area (Å²) in [5.74, 6) is -0.0146. The van der Waals surface area contributed by atoms with Gasteiger partial charge in [-0.25, -0.2) is 5.43 Å². The Balaban J connectivity index is 1.96. The first kappa shape index (κ1) is 19.6. The van der Waals surface area contributed by atoms with Crippen LogP contribution in [-0.2, 0) is 4.79 Å². The van der Waals surface area contributed by atoms with Crippen LogP contribution < -0.4 is 10.2 Å². The molecule has 0 bridgehead atoms. The van der Waals surface area contributed by atoms with Crippen molar-refractivity contribution >= 4 is 51.3 Å². The second-order valence-electron chi connectivity index (χ2n) is 5.30. The fourth-order valence-corrected chi connectivity index (χ4v) is 3.41. The van der Waals surface area contributed by atoms with Crippen molar-refractivity contribution in [2.24, 2.45) is 5.10 Å². The Morgan fingerprint density at radius 2 is 2.04 bits per heavy atom. The van der Waals surface area contributed by atoms with Gasteiger partial charge in [0.2, 0.25) is 0 Å². The number of aromatic hydroxyl groups is 1. The van der Waals surface area contributed by atoms with E-state index >= 15 is 0 Å². The van der Waals surface area contributed by atoms with E-state index in [1.165, 1.54) is 18.3 Å². The van der Waals surface area contributed by atoms with Gasteiger partial charge in [0.15, 0.2) is 6.61 Å². The lowest BCUT2D eigenvalue weighted by Crippen LogP contribution is -2.24. The van der Waals surface area contributed by atoms with Gasteiger partial charge in [0, 0.05) is 10.6 Å². The number of phenolic OH excluding ortho intramolecular Hbond substituents is 1. The molecular weight excluding hydrogens is 431 g/mol. The number of halogens is 3. The second kappa shape index (κ2) is 8.56. The third-order valence-corrected chi connectivity index (χ3v) is 4.27. The van der Waals surface area contributed by atoms with E-state index < -0.39 is 5.91 Å². The van der Waals surface area contributed by atoms with Crippen LogP contribution in [0.1, 0.15) is 16.7 Å². The van der Waals surface area contributed by atoms with Gasteiger partial charge in [-0.2, -0.15) is 5.10 Å². The molecule has 0 radical (unpaired) electrons. The smallest absolute Gasteiger partial charge is 0.277 e. The van der Waals surface area contributed by atoms with Crippen LogP contribution in [0.15, 0.2) is 33.8 Å². The summed E-state index contributed by atoms with van der Waals surface area (Å²) in [5, 5.41) is 14.0. The minimum atomic E-state index is -0.448. The summed E-state index contributed by atoms with van der Waals surface area (Å²) < 4.78 is 6.30. The maximum atomic E-state index is 11.8. The Kier molecular flexibility index (Phi) is 6.70. The Bertz CT molecular complexity index is 818. The van der Waals surface area contributed by atoms with Gasteiger partial charge in [-0.15, -0.1) is 0 Å². The molecule has 132 valence electrons. The zero-order chi connectivity index (χ0) is 18.6. The highest BCUT2D eigenvalue weighted by molar-refractivity contribution is 9.10. The first-order chi connectivity index (χ1) is 11.8. The fourth-order valence-electron chi connectivity index (χ4n) is 2.11. The highest BCUT2D eigenvalue weighted by Crippen LogP contribution is 2.30. The minimum absolute atomic E-state index is 0.100. The highest BCUT2D eigenvalue weighted by Gasteiger charge is 2.09. The summed E-state index contributed by atoms with van der Waals surface area (Å²) in [6, 6.07) is 6.75. The highest BCUT2D eigenvalue weighted by atomic mass is 79.9. The zero-order valence-corrected chi connectivity index (χ0v) is 16.5. The number of rotatable bonds is 5. The van der Waals surface area contributed by atoms with Gasteiger partial charge in [0.05, 0.1) is 15.7 Å². The second-order valence-corrected chi connectivity index (χ2v) is 7.00. The van der Waals surface area contributed by atoms with Gasteiger partial charge >= 0.3 is 0 Å². The van der Waals surface area contributed by atoms with E-state index in [1.807, 2.05) is 26.0 Å². The predicted molar refractivity (Wildman–Crippen MR) is 103 cm³/mol. The number of benzene rings is 2. The molecule has 0 aromatic heterocycles. The minimum Gasteiger partial charge on any atom is -0.506 e. The molecule has 0 fully saturated rings. The van der Waals surface area contributed by atoms with Crippen molar-refractivity contribution in [2.45, 2.75) is 13.8 Å². The number of nitrogens with one attached hydrogen (secondary N) is 1. The molecule has 1 amide bonds. The zero-order valence-electron chi connectivity index (χ0n) is 13.4. The molecule has 25 heavy (non-hydrogen) atoms. The molecule has 0 spiro atoms. The van der Waals surface area contributed by atoms with Crippen LogP contribution in [0.4, 0.5) is 0 Å². The fraction of sp³-hybridized carbons (Fsp3) is 0.176. The number of amides is 1. The van der Waals surface area contributed by atoms with Gasteiger partial charge in [0.25, 0.3) is 5.91 Å². The van der Waals surface area contributed by atoms with Crippen LogP contribution in [0.2, 0.25) is 10.0 Å². The molecular formula is C17H15BrCl2N2O3. The van der Waals surface area contributed by atoms with E-state index in [-0.39, 0.29) is 22.9 Å². The molecule has 5 nitrogen and oxygen atoms in total. The van der Waals surface area contributed by atoms with E-state index in [0.717, 1.165) is 15.6 Å². The van der Waals surface area contributed by atoms with Crippen LogP contribution in [-0.4, -0.2) is 23.8 Å². The first-order valence-corrected chi connectivity index (χ1v) is 8.72. The van der Waals surface area contributed by atoms with Crippen LogP contribution >= 0.6 is 39.1 Å². The number of carbonyl (C=O) groups is 1. The lowest BCUT2D eigenvalue weighted by Gasteiger charge is -2.11. The maximum absolute atomic E-state index is 11.8. The summed E-state index contributed by atoms with van der Waals surface area (Å²) in [4.78, 5) is 11.8. The van der Waals surface area contributed by atoms with E-state index in [4.69, 9.17) is 27.9 Å². The Hall–Kier alpha value is -1.76. The summed E-state index contributed by atoms with van der Waals surface area (Å²) in [6.07, 6.45) is 1.25. The van der Waals surface area contributed by atoms with Crippen molar-refractivity contribution in [3.05, 3.63) is 55.5 Å². The molecule has 2 aromatic carbocycles. The number of nitrogens with zero attached hydrogens (tertiary/aromatic N) is 1. The molecule has 0 saturated heterocycles. The van der Waals surface area contributed by atoms with Crippen LogP contribution in [0.5, 0.6) is 11.5 Å². The average Bonchev–Trinajstić information content (AvgIpc) is 2.50. The van der Waals surface area contributed by atoms with Gasteiger partial charge < -0.3 is 9.84 Å². The summed E-state index contributed by atoms with van der Waals surface area (Å²) in [5.41, 5.74) is 4.61. The molecule has 2 rings (SSSR count). The van der Waals surface area contributed by atoms with Gasteiger partial charge in [-0.1, -0.05) is 29.3 Å². The number of aryl methyl sites for hydroxylation is 2. The first-order valence-electron chi connectivity index (χ1n) is 7.17. The molecule has 2 aromatic rings. The van der Waals surface area contributed by atoms with Gasteiger partial charge in [-0.3, -0.25) is 4.79 Å². The van der Waals surface area contributed by atoms with Crippen molar-refractivity contribution < 1.29 is 14.6 Å². The Morgan fingerprint density at radius 1 is 1.32 bits per heavy atom. The van der Waals surface area contributed by atoms with E-state index in [1.54, 1.807) is 0 Å². The molecule has 2 N–H and O–H groups in total. The van der Waals surface area contributed by atoms with Crippen LogP contribution in [0, 0.1) is 13.8 Å². The van der Waals surface area contributed by atoms with Crippen molar-refractivity contribution in [1.82, 2.24) is 5.43 Å². The number of ether oxygens (including phenoxy) is 1. The van der Waals surface area contributed by atoms with Crippen molar-refractivity contribution in [2.75, 3.05) is 6.61 Å². The lowest BCUT2D eigenvalue weighted by atomic mass is 10.1. The van der Waals surface area contributed by atoms with Crippen molar-refractivity contribution in [3.8, 4) is 11.5 Å². The largest absolute Gasteiger partial charge is 0.506 e. The Labute approximate surface area is 163 Å². The number of hydrogen-bond acceptors (Lipinski definition) is 4. The summed E-state index contributed by atoms with van der Waals surface area (Å²) >= 11 is 15.1. The van der Waals surface area contributed by atoms with Crippen LogP contribution in [0.3, 0.4) is 0 Å². The standard InChI is InChI=1S/C17H15BrCl2N2O3/c1-9-3-10(2)17(13(18)4-9)25-8-15(23)22-21-7-11-5-12(19)6-14(20)16(11)24/h3-7,24H,8H2,1-2H3,(H,22,23)/b21-7+. The van der Waals surface area contributed by atoms with Crippen molar-refractivity contribution in [1.29, 1.82) is 0 Å². The molecule has 0 aliphatic heterocycles. The van der Waals surface area contributed by atoms with Gasteiger partial charge in [0.1, 0.15) is 11.5 Å². The predicted octanol–water partition coefficient (Wildman–Crippen LogP) is 4.61. The average molecular weight is 446 g/mol. The van der Waals surface area contributed by atoms with E-state index in [0.29, 0.717) is 10.8 Å². The molecule has 0 unspecified atom stereocenters. The Morgan fingerprint density at radius 3 is 2.72 bits per heavy atom. The maximum Gasteiger partial charge on any atom is 0.277 e. The van der Waals surface area contributed by atoms with E-state index in [2.05, 4.69) is 26.5 Å². The quantitative estimate of drug-likeness (QED) is 0.521. The van der Waals surface area contributed by atoms with E-state index in [9.17, 15) is 9.90 Å². The SMILES string of the molecule is Cc1cc(C)c(OCC(=O)N/N=C/c2cc(Cl)cc(Cl)c2O)c(Br)c1. The topological polar surface area (TPSA) is 70.9 Å². The van der Waals surface area contributed by atoms with Gasteiger partial charge in [-0.05, 0) is 59.1 Å². The normalized spacial score (nSPS) is 10.9. The number of hydrazone groups is 1. The monoisotopic (exact) mass is 444 g/mol. The molecule has 0 heterocycles. The third-order valence-electron chi connectivity index (χ3n) is 3.17. The molecule has 0 aliphatic rings. The third kappa shape index (κ3) is 5.36.